The van der Waals surface area contributed by atoms with Crippen LogP contribution in [0.1, 0.15) is 44.1 Å². The zero-order valence-electron chi connectivity index (χ0n) is 11.6. The number of benzene rings is 1. The average Bonchev–Trinajstić information content (AvgIpc) is 3.03. The molecule has 1 saturated carbocycles. The molecule has 3 rings (SSSR count). The van der Waals surface area contributed by atoms with Crippen molar-refractivity contribution in [2.45, 2.75) is 44.9 Å². The van der Waals surface area contributed by atoms with Gasteiger partial charge in [-0.2, -0.15) is 0 Å². The molecule has 0 aliphatic heterocycles. The molecular weight excluding hydrogens is 268 g/mol. The quantitative estimate of drug-likeness (QED) is 0.852. The van der Waals surface area contributed by atoms with E-state index in [1.54, 1.807) is 11.3 Å². The van der Waals surface area contributed by atoms with Crippen LogP contribution in [0.25, 0.3) is 10.1 Å². The molecule has 0 saturated heterocycles. The predicted octanol–water partition coefficient (Wildman–Crippen LogP) is 4.87. The van der Waals surface area contributed by atoms with Crippen LogP contribution in [0.15, 0.2) is 29.6 Å². The number of carboxylic acid groups (broad SMARTS) is 1. The fraction of sp³-hybridized carbons (Fsp3) is 0.471. The first-order valence-corrected chi connectivity index (χ1v) is 8.23. The summed E-state index contributed by atoms with van der Waals surface area (Å²) in [7, 11) is 0. The first-order chi connectivity index (χ1) is 9.69. The molecule has 1 aromatic carbocycles. The minimum absolute atomic E-state index is 0.0505. The lowest BCUT2D eigenvalue weighted by Gasteiger charge is -2.27. The molecule has 1 fully saturated rings. The van der Waals surface area contributed by atoms with Gasteiger partial charge in [0.1, 0.15) is 0 Å². The summed E-state index contributed by atoms with van der Waals surface area (Å²) in [6.07, 6.45) is 6.92. The topological polar surface area (TPSA) is 37.3 Å². The van der Waals surface area contributed by atoms with E-state index in [2.05, 4.69) is 29.6 Å². The standard InChI is InChI=1S/C17H20O2S/c18-16(19)11-17(8-3-4-9-17)10-7-13-12-20-15-6-2-1-5-14(13)15/h1-2,5-6,12H,3-4,7-11H2,(H,18,19). The van der Waals surface area contributed by atoms with Crippen LogP contribution in [0.3, 0.4) is 0 Å². The number of hydrogen-bond acceptors (Lipinski definition) is 2. The highest BCUT2D eigenvalue weighted by atomic mass is 32.1. The van der Waals surface area contributed by atoms with E-state index in [0.717, 1.165) is 25.7 Å². The van der Waals surface area contributed by atoms with Crippen LogP contribution in [0.2, 0.25) is 0 Å². The minimum Gasteiger partial charge on any atom is -0.481 e. The second kappa shape index (κ2) is 5.57. The number of rotatable bonds is 5. The third kappa shape index (κ3) is 2.73. The highest BCUT2D eigenvalue weighted by Crippen LogP contribution is 2.45. The van der Waals surface area contributed by atoms with Crippen LogP contribution in [-0.4, -0.2) is 11.1 Å². The Hall–Kier alpha value is -1.35. The van der Waals surface area contributed by atoms with Crippen LogP contribution >= 0.6 is 11.3 Å². The molecule has 2 nitrogen and oxygen atoms in total. The summed E-state index contributed by atoms with van der Waals surface area (Å²) in [4.78, 5) is 11.1. The van der Waals surface area contributed by atoms with E-state index < -0.39 is 5.97 Å². The van der Waals surface area contributed by atoms with Crippen molar-refractivity contribution in [2.24, 2.45) is 5.41 Å². The Morgan fingerprint density at radius 3 is 2.75 bits per heavy atom. The molecule has 1 aliphatic carbocycles. The number of aryl methyl sites for hydroxylation is 1. The molecule has 20 heavy (non-hydrogen) atoms. The molecule has 0 bridgehead atoms. The van der Waals surface area contributed by atoms with Gasteiger partial charge in [-0.3, -0.25) is 4.79 Å². The summed E-state index contributed by atoms with van der Waals surface area (Å²) in [6, 6.07) is 8.50. The van der Waals surface area contributed by atoms with Crippen LogP contribution in [0.5, 0.6) is 0 Å². The molecule has 1 heterocycles. The van der Waals surface area contributed by atoms with Crippen molar-refractivity contribution in [3.63, 3.8) is 0 Å². The number of thiophene rings is 1. The maximum atomic E-state index is 11.1. The Balaban J connectivity index is 1.75. The summed E-state index contributed by atoms with van der Waals surface area (Å²) in [6.45, 7) is 0. The van der Waals surface area contributed by atoms with Crippen LogP contribution in [0.4, 0.5) is 0 Å². The predicted molar refractivity (Wildman–Crippen MR) is 83.3 cm³/mol. The number of fused-ring (bicyclic) bond motifs is 1. The first kappa shape index (κ1) is 13.6. The minimum atomic E-state index is -0.637. The maximum absolute atomic E-state index is 11.1. The number of aliphatic carboxylic acids is 1. The van der Waals surface area contributed by atoms with Crippen LogP contribution in [0, 0.1) is 5.41 Å². The Bertz CT molecular complexity index is 608. The van der Waals surface area contributed by atoms with Crippen LogP contribution < -0.4 is 0 Å². The summed E-state index contributed by atoms with van der Waals surface area (Å²) in [5.41, 5.74) is 1.44. The van der Waals surface area contributed by atoms with Gasteiger partial charge in [0.25, 0.3) is 0 Å². The highest BCUT2D eigenvalue weighted by Gasteiger charge is 2.35. The SMILES string of the molecule is O=C(O)CC1(CCc2csc3ccccc23)CCCC1. The molecule has 1 aliphatic rings. The van der Waals surface area contributed by atoms with Gasteiger partial charge in [-0.1, -0.05) is 31.0 Å². The molecule has 2 aromatic rings. The van der Waals surface area contributed by atoms with Crippen molar-refractivity contribution in [3.05, 3.63) is 35.2 Å². The monoisotopic (exact) mass is 288 g/mol. The zero-order valence-corrected chi connectivity index (χ0v) is 12.4. The van der Waals surface area contributed by atoms with E-state index in [-0.39, 0.29) is 5.41 Å². The van der Waals surface area contributed by atoms with Crippen molar-refractivity contribution in [1.82, 2.24) is 0 Å². The fourth-order valence-corrected chi connectivity index (χ4v) is 4.58. The number of hydrogen-bond donors (Lipinski definition) is 1. The molecule has 0 radical (unpaired) electrons. The summed E-state index contributed by atoms with van der Waals surface area (Å²) < 4.78 is 1.33. The van der Waals surface area contributed by atoms with Gasteiger partial charge in [0.2, 0.25) is 0 Å². The van der Waals surface area contributed by atoms with Crippen molar-refractivity contribution < 1.29 is 9.90 Å². The lowest BCUT2D eigenvalue weighted by molar-refractivity contribution is -0.139. The molecular formula is C17H20O2S. The Kier molecular flexibility index (Phi) is 3.79. The van der Waals surface area contributed by atoms with E-state index in [0.29, 0.717) is 6.42 Å². The zero-order chi connectivity index (χ0) is 14.0. The number of carbonyl (C=O) groups is 1. The third-order valence-corrected chi connectivity index (χ3v) is 5.69. The maximum Gasteiger partial charge on any atom is 0.303 e. The number of carboxylic acids is 1. The molecule has 0 amide bonds. The Morgan fingerprint density at radius 2 is 2.00 bits per heavy atom. The van der Waals surface area contributed by atoms with Crippen molar-refractivity contribution >= 4 is 27.4 Å². The van der Waals surface area contributed by atoms with E-state index in [4.69, 9.17) is 0 Å². The molecule has 1 N–H and O–H groups in total. The normalized spacial score (nSPS) is 17.6. The first-order valence-electron chi connectivity index (χ1n) is 7.35. The molecule has 0 spiro atoms. The van der Waals surface area contributed by atoms with Crippen LogP contribution in [-0.2, 0) is 11.2 Å². The van der Waals surface area contributed by atoms with Gasteiger partial charge in [-0.15, -0.1) is 11.3 Å². The summed E-state index contributed by atoms with van der Waals surface area (Å²) in [5, 5.41) is 12.8. The summed E-state index contributed by atoms with van der Waals surface area (Å²) >= 11 is 1.79. The Labute approximate surface area is 123 Å². The highest BCUT2D eigenvalue weighted by molar-refractivity contribution is 7.17. The lowest BCUT2D eigenvalue weighted by Crippen LogP contribution is -2.21. The van der Waals surface area contributed by atoms with Crippen molar-refractivity contribution in [3.8, 4) is 0 Å². The fourth-order valence-electron chi connectivity index (χ4n) is 3.59. The van der Waals surface area contributed by atoms with E-state index in [9.17, 15) is 9.90 Å². The molecule has 0 atom stereocenters. The van der Waals surface area contributed by atoms with Gasteiger partial charge in [-0.05, 0) is 53.5 Å². The van der Waals surface area contributed by atoms with Gasteiger partial charge >= 0.3 is 5.97 Å². The van der Waals surface area contributed by atoms with E-state index in [1.165, 1.54) is 28.5 Å². The molecule has 0 unspecified atom stereocenters. The summed E-state index contributed by atoms with van der Waals surface area (Å²) in [5.74, 6) is -0.637. The molecule has 1 aromatic heterocycles. The molecule has 3 heteroatoms. The largest absolute Gasteiger partial charge is 0.481 e. The van der Waals surface area contributed by atoms with Gasteiger partial charge < -0.3 is 5.11 Å². The van der Waals surface area contributed by atoms with Gasteiger partial charge in [0, 0.05) is 4.70 Å². The van der Waals surface area contributed by atoms with Crippen molar-refractivity contribution in [1.29, 1.82) is 0 Å². The van der Waals surface area contributed by atoms with Gasteiger partial charge in [-0.25, -0.2) is 0 Å². The third-order valence-electron chi connectivity index (χ3n) is 4.68. The average molecular weight is 288 g/mol. The second-order valence-corrected chi connectivity index (χ2v) is 6.95. The molecule has 106 valence electrons. The lowest BCUT2D eigenvalue weighted by atomic mass is 9.77. The van der Waals surface area contributed by atoms with E-state index in [1.807, 2.05) is 0 Å². The van der Waals surface area contributed by atoms with Crippen molar-refractivity contribution in [2.75, 3.05) is 0 Å². The smallest absolute Gasteiger partial charge is 0.303 e. The second-order valence-electron chi connectivity index (χ2n) is 6.03. The van der Waals surface area contributed by atoms with Gasteiger partial charge in [0.05, 0.1) is 6.42 Å². The van der Waals surface area contributed by atoms with E-state index >= 15 is 0 Å². The Morgan fingerprint density at radius 1 is 1.25 bits per heavy atom. The van der Waals surface area contributed by atoms with Gasteiger partial charge in [0.15, 0.2) is 0 Å².